The molecule has 102 valence electrons. The Morgan fingerprint density at radius 3 is 2.68 bits per heavy atom. The first-order valence-corrected chi connectivity index (χ1v) is 6.79. The summed E-state index contributed by atoms with van der Waals surface area (Å²) in [5.41, 5.74) is 0.912. The lowest BCUT2D eigenvalue weighted by Gasteiger charge is -2.11. The average Bonchev–Trinajstić information content (AvgIpc) is 3.09. The van der Waals surface area contributed by atoms with E-state index in [2.05, 4.69) is 10.6 Å². The monoisotopic (exact) mass is 280 g/mol. The van der Waals surface area contributed by atoms with E-state index in [1.807, 2.05) is 13.8 Å². The van der Waals surface area contributed by atoms with Gasteiger partial charge in [0, 0.05) is 17.5 Å². The minimum absolute atomic E-state index is 0.0274. The molecule has 1 aliphatic carbocycles. The Morgan fingerprint density at radius 1 is 1.42 bits per heavy atom. The zero-order valence-corrected chi connectivity index (χ0v) is 11.8. The molecule has 4 nitrogen and oxygen atoms in total. The third kappa shape index (κ3) is 3.26. The number of nitrogens with one attached hydrogen (secondary N) is 2. The third-order valence-corrected chi connectivity index (χ3v) is 3.50. The molecule has 1 aliphatic rings. The molecule has 19 heavy (non-hydrogen) atoms. The molecule has 0 bridgehead atoms. The van der Waals surface area contributed by atoms with Crippen molar-refractivity contribution in [1.29, 1.82) is 0 Å². The Labute approximate surface area is 117 Å². The minimum Gasteiger partial charge on any atom is -0.352 e. The molecule has 2 rings (SSSR count). The normalized spacial score (nSPS) is 20.8. The minimum atomic E-state index is -0.232. The molecule has 0 unspecified atom stereocenters. The molecule has 2 N–H and O–H groups in total. The highest BCUT2D eigenvalue weighted by Crippen LogP contribution is 2.38. The van der Waals surface area contributed by atoms with Gasteiger partial charge in [-0.15, -0.1) is 0 Å². The summed E-state index contributed by atoms with van der Waals surface area (Å²) in [5.74, 6) is 0.238. The van der Waals surface area contributed by atoms with Gasteiger partial charge in [0.25, 0.3) is 5.91 Å². The van der Waals surface area contributed by atoms with Gasteiger partial charge >= 0.3 is 0 Å². The van der Waals surface area contributed by atoms with Crippen LogP contribution in [0.1, 0.15) is 30.6 Å². The van der Waals surface area contributed by atoms with Crippen LogP contribution in [0.15, 0.2) is 18.2 Å². The first-order valence-electron chi connectivity index (χ1n) is 6.41. The number of benzene rings is 1. The second-order valence-electron chi connectivity index (χ2n) is 4.86. The fourth-order valence-electron chi connectivity index (χ4n) is 1.98. The van der Waals surface area contributed by atoms with E-state index in [1.54, 1.807) is 18.2 Å². The van der Waals surface area contributed by atoms with Gasteiger partial charge in [-0.05, 0) is 37.5 Å². The van der Waals surface area contributed by atoms with Gasteiger partial charge in [0.2, 0.25) is 5.91 Å². The molecular weight excluding hydrogens is 264 g/mol. The third-order valence-electron chi connectivity index (χ3n) is 3.27. The summed E-state index contributed by atoms with van der Waals surface area (Å²) in [6, 6.07) is 4.90. The zero-order valence-electron chi connectivity index (χ0n) is 11.0. The summed E-state index contributed by atoms with van der Waals surface area (Å²) < 4.78 is 0. The fourth-order valence-corrected chi connectivity index (χ4v) is 2.15. The molecule has 1 fully saturated rings. The SMILES string of the molecule is CCNC(=O)c1cc(Cl)ccc1NC(=O)[C@H]1C[C@H]1C. The number of hydrogen-bond donors (Lipinski definition) is 2. The van der Waals surface area contributed by atoms with Gasteiger partial charge in [-0.25, -0.2) is 0 Å². The molecule has 0 heterocycles. The van der Waals surface area contributed by atoms with Crippen molar-refractivity contribution in [2.75, 3.05) is 11.9 Å². The van der Waals surface area contributed by atoms with E-state index in [0.717, 1.165) is 6.42 Å². The molecule has 0 radical (unpaired) electrons. The smallest absolute Gasteiger partial charge is 0.253 e. The Morgan fingerprint density at radius 2 is 2.11 bits per heavy atom. The number of carbonyl (C=O) groups excluding carboxylic acids is 2. The summed E-state index contributed by atoms with van der Waals surface area (Å²) in [4.78, 5) is 23.9. The fraction of sp³-hybridized carbons (Fsp3) is 0.429. The number of halogens is 1. The van der Waals surface area contributed by atoms with Crippen molar-refractivity contribution < 1.29 is 9.59 Å². The second kappa shape index (κ2) is 5.61. The molecule has 2 amide bonds. The maximum Gasteiger partial charge on any atom is 0.253 e. The van der Waals surface area contributed by atoms with Gasteiger partial charge in [-0.3, -0.25) is 9.59 Å². The zero-order chi connectivity index (χ0) is 14.0. The molecule has 1 saturated carbocycles. The predicted octanol–water partition coefficient (Wildman–Crippen LogP) is 2.68. The summed E-state index contributed by atoms with van der Waals surface area (Å²) in [7, 11) is 0. The maximum atomic E-state index is 11.9. The molecule has 1 aromatic carbocycles. The van der Waals surface area contributed by atoms with Crippen LogP contribution in [0, 0.1) is 11.8 Å². The van der Waals surface area contributed by atoms with Gasteiger partial charge in [-0.1, -0.05) is 18.5 Å². The number of rotatable bonds is 4. The topological polar surface area (TPSA) is 58.2 Å². The summed E-state index contributed by atoms with van der Waals surface area (Å²) in [6.45, 7) is 4.40. The van der Waals surface area contributed by atoms with E-state index in [-0.39, 0.29) is 17.7 Å². The van der Waals surface area contributed by atoms with Crippen LogP contribution in [0.2, 0.25) is 5.02 Å². The summed E-state index contributed by atoms with van der Waals surface area (Å²) in [5, 5.41) is 5.99. The second-order valence-corrected chi connectivity index (χ2v) is 5.29. The first-order chi connectivity index (χ1) is 9.02. The van der Waals surface area contributed by atoms with Crippen LogP contribution in [0.4, 0.5) is 5.69 Å². The highest BCUT2D eigenvalue weighted by atomic mass is 35.5. The Bertz CT molecular complexity index is 516. The van der Waals surface area contributed by atoms with Crippen LogP contribution in [0.3, 0.4) is 0 Å². The van der Waals surface area contributed by atoms with Crippen molar-refractivity contribution in [3.63, 3.8) is 0 Å². The maximum absolute atomic E-state index is 11.9. The number of anilines is 1. The first kappa shape index (κ1) is 13.9. The van der Waals surface area contributed by atoms with Crippen molar-refractivity contribution in [3.8, 4) is 0 Å². The molecular formula is C14H17ClN2O2. The predicted molar refractivity (Wildman–Crippen MR) is 75.4 cm³/mol. The average molecular weight is 281 g/mol. The Kier molecular flexibility index (Phi) is 4.10. The van der Waals surface area contributed by atoms with Crippen molar-refractivity contribution in [1.82, 2.24) is 5.32 Å². The van der Waals surface area contributed by atoms with Crippen molar-refractivity contribution >= 4 is 29.1 Å². The lowest BCUT2D eigenvalue weighted by Crippen LogP contribution is -2.25. The molecule has 0 spiro atoms. The van der Waals surface area contributed by atoms with E-state index >= 15 is 0 Å². The lowest BCUT2D eigenvalue weighted by molar-refractivity contribution is -0.117. The largest absolute Gasteiger partial charge is 0.352 e. The molecule has 2 atom stereocenters. The van der Waals surface area contributed by atoms with Crippen LogP contribution >= 0.6 is 11.6 Å². The van der Waals surface area contributed by atoms with Gasteiger partial charge in [-0.2, -0.15) is 0 Å². The van der Waals surface area contributed by atoms with Crippen LogP contribution in [-0.2, 0) is 4.79 Å². The molecule has 1 aromatic rings. The van der Waals surface area contributed by atoms with Gasteiger partial charge in [0.1, 0.15) is 0 Å². The number of hydrogen-bond acceptors (Lipinski definition) is 2. The van der Waals surface area contributed by atoms with E-state index in [0.29, 0.717) is 28.7 Å². The van der Waals surface area contributed by atoms with Crippen LogP contribution in [-0.4, -0.2) is 18.4 Å². The Balaban J connectivity index is 2.19. The van der Waals surface area contributed by atoms with Gasteiger partial charge in [0.15, 0.2) is 0 Å². The number of amides is 2. The summed E-state index contributed by atoms with van der Waals surface area (Å²) >= 11 is 5.90. The van der Waals surface area contributed by atoms with Gasteiger partial charge in [0.05, 0.1) is 11.3 Å². The standard InChI is InChI=1S/C14H17ClN2O2/c1-3-16-13(18)11-7-9(15)4-5-12(11)17-14(19)10-6-8(10)2/h4-5,7-8,10H,3,6H2,1-2H3,(H,16,18)(H,17,19)/t8-,10+/m1/s1. The quantitative estimate of drug-likeness (QED) is 0.891. The van der Waals surface area contributed by atoms with E-state index < -0.39 is 0 Å². The Hall–Kier alpha value is -1.55. The van der Waals surface area contributed by atoms with Crippen molar-refractivity contribution in [3.05, 3.63) is 28.8 Å². The van der Waals surface area contributed by atoms with Crippen LogP contribution < -0.4 is 10.6 Å². The molecule has 0 aromatic heterocycles. The van der Waals surface area contributed by atoms with E-state index in [9.17, 15) is 9.59 Å². The highest BCUT2D eigenvalue weighted by Gasteiger charge is 2.39. The number of carbonyl (C=O) groups is 2. The van der Waals surface area contributed by atoms with E-state index in [1.165, 1.54) is 0 Å². The van der Waals surface area contributed by atoms with E-state index in [4.69, 9.17) is 11.6 Å². The van der Waals surface area contributed by atoms with Crippen molar-refractivity contribution in [2.45, 2.75) is 20.3 Å². The van der Waals surface area contributed by atoms with Crippen molar-refractivity contribution in [2.24, 2.45) is 11.8 Å². The molecule has 5 heteroatoms. The van der Waals surface area contributed by atoms with Crippen LogP contribution in [0.5, 0.6) is 0 Å². The van der Waals surface area contributed by atoms with Gasteiger partial charge < -0.3 is 10.6 Å². The van der Waals surface area contributed by atoms with Crippen LogP contribution in [0.25, 0.3) is 0 Å². The molecule has 0 saturated heterocycles. The molecule has 0 aliphatic heterocycles. The summed E-state index contributed by atoms with van der Waals surface area (Å²) in [6.07, 6.45) is 0.913. The lowest BCUT2D eigenvalue weighted by atomic mass is 10.1. The highest BCUT2D eigenvalue weighted by molar-refractivity contribution is 6.31.